The zero-order valence-electron chi connectivity index (χ0n) is 9.69. The van der Waals surface area contributed by atoms with E-state index in [9.17, 15) is 0 Å². The summed E-state index contributed by atoms with van der Waals surface area (Å²) in [5.41, 5.74) is 9.52. The van der Waals surface area contributed by atoms with E-state index in [2.05, 4.69) is 5.10 Å². The van der Waals surface area contributed by atoms with Gasteiger partial charge in [-0.05, 0) is 24.6 Å². The Balaban J connectivity index is 2.52. The van der Waals surface area contributed by atoms with Crippen molar-refractivity contribution in [1.82, 2.24) is 9.78 Å². The summed E-state index contributed by atoms with van der Waals surface area (Å²) in [5, 5.41) is 4.41. The van der Waals surface area contributed by atoms with E-state index in [1.54, 1.807) is 11.8 Å². The van der Waals surface area contributed by atoms with Crippen LogP contribution in [0.4, 0.5) is 5.69 Å². The Morgan fingerprint density at radius 3 is 2.69 bits per heavy atom. The molecule has 1 heterocycles. The van der Waals surface area contributed by atoms with E-state index in [1.165, 1.54) is 0 Å². The lowest BCUT2D eigenvalue weighted by molar-refractivity contribution is 0.417. The summed E-state index contributed by atoms with van der Waals surface area (Å²) < 4.78 is 6.99. The van der Waals surface area contributed by atoms with Crippen molar-refractivity contribution in [3.05, 3.63) is 30.0 Å². The SMILES string of the molecule is COc1cc(-c2nn(C)cc2C)ccc1N. The predicted molar refractivity (Wildman–Crippen MR) is 64.3 cm³/mol. The molecule has 16 heavy (non-hydrogen) atoms. The molecule has 1 aromatic heterocycles. The number of hydrogen-bond donors (Lipinski definition) is 1. The van der Waals surface area contributed by atoms with Gasteiger partial charge in [0.2, 0.25) is 0 Å². The fraction of sp³-hybridized carbons (Fsp3) is 0.250. The Hall–Kier alpha value is -1.97. The predicted octanol–water partition coefficient (Wildman–Crippen LogP) is 1.99. The van der Waals surface area contributed by atoms with E-state index in [4.69, 9.17) is 10.5 Å². The molecule has 0 fully saturated rings. The van der Waals surface area contributed by atoms with Gasteiger partial charge in [-0.15, -0.1) is 0 Å². The second kappa shape index (κ2) is 3.89. The van der Waals surface area contributed by atoms with Crippen LogP contribution in [-0.4, -0.2) is 16.9 Å². The van der Waals surface area contributed by atoms with Crippen molar-refractivity contribution in [2.24, 2.45) is 7.05 Å². The molecule has 0 aliphatic rings. The van der Waals surface area contributed by atoms with Gasteiger partial charge in [-0.2, -0.15) is 5.10 Å². The molecule has 0 spiro atoms. The lowest BCUT2D eigenvalue weighted by atomic mass is 10.1. The van der Waals surface area contributed by atoms with Gasteiger partial charge in [0.05, 0.1) is 18.5 Å². The zero-order chi connectivity index (χ0) is 11.7. The number of nitrogen functional groups attached to an aromatic ring is 1. The number of rotatable bonds is 2. The van der Waals surface area contributed by atoms with Crippen molar-refractivity contribution in [3.63, 3.8) is 0 Å². The van der Waals surface area contributed by atoms with Crippen molar-refractivity contribution in [2.45, 2.75) is 6.92 Å². The number of methoxy groups -OCH3 is 1. The molecule has 0 unspecified atom stereocenters. The highest BCUT2D eigenvalue weighted by molar-refractivity contribution is 5.69. The van der Waals surface area contributed by atoms with Crippen LogP contribution in [0.5, 0.6) is 5.75 Å². The molecule has 4 heteroatoms. The Bertz CT molecular complexity index is 517. The van der Waals surface area contributed by atoms with Gasteiger partial charge >= 0.3 is 0 Å². The molecule has 4 nitrogen and oxygen atoms in total. The molecule has 0 amide bonds. The molecule has 0 aliphatic carbocycles. The van der Waals surface area contributed by atoms with Crippen LogP contribution >= 0.6 is 0 Å². The van der Waals surface area contributed by atoms with E-state index in [0.29, 0.717) is 11.4 Å². The second-order valence-corrected chi connectivity index (χ2v) is 3.79. The minimum Gasteiger partial charge on any atom is -0.495 e. The third-order valence-corrected chi connectivity index (χ3v) is 2.52. The van der Waals surface area contributed by atoms with E-state index in [0.717, 1.165) is 16.8 Å². The van der Waals surface area contributed by atoms with Crippen molar-refractivity contribution < 1.29 is 4.74 Å². The highest BCUT2D eigenvalue weighted by atomic mass is 16.5. The van der Waals surface area contributed by atoms with Crippen LogP contribution in [0.1, 0.15) is 5.56 Å². The number of benzene rings is 1. The molecule has 0 saturated heterocycles. The van der Waals surface area contributed by atoms with E-state index >= 15 is 0 Å². The average Bonchev–Trinajstić information content (AvgIpc) is 2.59. The maximum Gasteiger partial charge on any atom is 0.142 e. The average molecular weight is 217 g/mol. The summed E-state index contributed by atoms with van der Waals surface area (Å²) in [7, 11) is 3.52. The van der Waals surface area contributed by atoms with Gasteiger partial charge in [0.1, 0.15) is 5.75 Å². The quantitative estimate of drug-likeness (QED) is 0.783. The number of nitrogens with zero attached hydrogens (tertiary/aromatic N) is 2. The molecule has 0 bridgehead atoms. The monoisotopic (exact) mass is 217 g/mol. The fourth-order valence-corrected chi connectivity index (χ4v) is 1.75. The van der Waals surface area contributed by atoms with Crippen LogP contribution in [-0.2, 0) is 7.05 Å². The Morgan fingerprint density at radius 2 is 2.12 bits per heavy atom. The first kappa shape index (κ1) is 10.5. The van der Waals surface area contributed by atoms with Crippen LogP contribution in [0, 0.1) is 6.92 Å². The Morgan fingerprint density at radius 1 is 1.38 bits per heavy atom. The lowest BCUT2D eigenvalue weighted by Crippen LogP contribution is -1.93. The second-order valence-electron chi connectivity index (χ2n) is 3.79. The summed E-state index contributed by atoms with van der Waals surface area (Å²) in [6, 6.07) is 5.69. The Kier molecular flexibility index (Phi) is 2.56. The van der Waals surface area contributed by atoms with Crippen molar-refractivity contribution in [2.75, 3.05) is 12.8 Å². The number of aryl methyl sites for hydroxylation is 2. The van der Waals surface area contributed by atoms with Gasteiger partial charge in [0.25, 0.3) is 0 Å². The van der Waals surface area contributed by atoms with Crippen LogP contribution in [0.2, 0.25) is 0 Å². The first-order valence-corrected chi connectivity index (χ1v) is 5.06. The Labute approximate surface area is 94.6 Å². The number of nitrogens with two attached hydrogens (primary N) is 1. The van der Waals surface area contributed by atoms with E-state index in [1.807, 2.05) is 38.4 Å². The van der Waals surface area contributed by atoms with Crippen LogP contribution in [0.25, 0.3) is 11.3 Å². The molecule has 0 aliphatic heterocycles. The third kappa shape index (κ3) is 1.74. The summed E-state index contributed by atoms with van der Waals surface area (Å²) >= 11 is 0. The largest absolute Gasteiger partial charge is 0.495 e. The van der Waals surface area contributed by atoms with Crippen LogP contribution in [0.15, 0.2) is 24.4 Å². The van der Waals surface area contributed by atoms with Crippen molar-refractivity contribution in [3.8, 4) is 17.0 Å². The molecule has 84 valence electrons. The van der Waals surface area contributed by atoms with Gasteiger partial charge in [0, 0.05) is 18.8 Å². The van der Waals surface area contributed by atoms with E-state index in [-0.39, 0.29) is 0 Å². The molecule has 0 atom stereocenters. The van der Waals surface area contributed by atoms with E-state index < -0.39 is 0 Å². The molecular formula is C12H15N3O. The smallest absolute Gasteiger partial charge is 0.142 e. The van der Waals surface area contributed by atoms with Crippen LogP contribution in [0.3, 0.4) is 0 Å². The van der Waals surface area contributed by atoms with Gasteiger partial charge in [-0.25, -0.2) is 0 Å². The number of ether oxygens (including phenoxy) is 1. The third-order valence-electron chi connectivity index (χ3n) is 2.52. The van der Waals surface area contributed by atoms with Crippen molar-refractivity contribution in [1.29, 1.82) is 0 Å². The number of hydrogen-bond acceptors (Lipinski definition) is 3. The maximum absolute atomic E-state index is 5.77. The molecule has 1 aromatic carbocycles. The number of aromatic nitrogens is 2. The van der Waals surface area contributed by atoms with Gasteiger partial charge in [0.15, 0.2) is 0 Å². The molecule has 2 aromatic rings. The van der Waals surface area contributed by atoms with Crippen LogP contribution < -0.4 is 10.5 Å². The molecule has 2 N–H and O–H groups in total. The molecule has 0 saturated carbocycles. The summed E-state index contributed by atoms with van der Waals surface area (Å²) in [5.74, 6) is 0.683. The highest BCUT2D eigenvalue weighted by Crippen LogP contribution is 2.29. The molecular weight excluding hydrogens is 202 g/mol. The highest BCUT2D eigenvalue weighted by Gasteiger charge is 2.08. The summed E-state index contributed by atoms with van der Waals surface area (Å²) in [4.78, 5) is 0. The molecule has 0 radical (unpaired) electrons. The first-order valence-electron chi connectivity index (χ1n) is 5.06. The maximum atomic E-state index is 5.77. The standard InChI is InChI=1S/C12H15N3O/c1-8-7-15(2)14-12(8)9-4-5-10(13)11(6-9)16-3/h4-7H,13H2,1-3H3. The van der Waals surface area contributed by atoms with Gasteiger partial charge < -0.3 is 10.5 Å². The first-order chi connectivity index (χ1) is 7.61. The minimum atomic E-state index is 0.639. The normalized spacial score (nSPS) is 10.4. The van der Waals surface area contributed by atoms with Gasteiger partial charge in [-0.1, -0.05) is 6.07 Å². The van der Waals surface area contributed by atoms with Crippen molar-refractivity contribution >= 4 is 5.69 Å². The molecule has 2 rings (SSSR count). The topological polar surface area (TPSA) is 53.1 Å². The summed E-state index contributed by atoms with van der Waals surface area (Å²) in [6.45, 7) is 2.03. The number of anilines is 1. The summed E-state index contributed by atoms with van der Waals surface area (Å²) in [6.07, 6.45) is 1.98. The van der Waals surface area contributed by atoms with Gasteiger partial charge in [-0.3, -0.25) is 4.68 Å². The lowest BCUT2D eigenvalue weighted by Gasteiger charge is -2.06. The minimum absolute atomic E-state index is 0.639. The fourth-order valence-electron chi connectivity index (χ4n) is 1.75. The zero-order valence-corrected chi connectivity index (χ0v) is 9.69.